The van der Waals surface area contributed by atoms with Crippen LogP contribution in [0.5, 0.6) is 0 Å². The summed E-state index contributed by atoms with van der Waals surface area (Å²) in [6.07, 6.45) is 1.45. The lowest BCUT2D eigenvalue weighted by molar-refractivity contribution is -0.142. The second-order valence-electron chi connectivity index (χ2n) is 3.92. The molecule has 0 unspecified atom stereocenters. The molecule has 1 rings (SSSR count). The maximum Gasteiger partial charge on any atom is 0.313 e. The van der Waals surface area contributed by atoms with E-state index in [0.29, 0.717) is 5.02 Å². The molecule has 1 N–H and O–H groups in total. The number of carboxylic acids is 1. The highest BCUT2D eigenvalue weighted by Gasteiger charge is 2.32. The Bertz CT molecular complexity index is 462. The molecular formula is C10H12ClNO3. The first-order valence-corrected chi connectivity index (χ1v) is 4.74. The van der Waals surface area contributed by atoms with E-state index in [2.05, 4.69) is 0 Å². The monoisotopic (exact) mass is 229 g/mol. The zero-order valence-corrected chi connectivity index (χ0v) is 9.50. The van der Waals surface area contributed by atoms with E-state index < -0.39 is 11.4 Å². The summed E-state index contributed by atoms with van der Waals surface area (Å²) in [7, 11) is 1.54. The Morgan fingerprint density at radius 1 is 1.53 bits per heavy atom. The van der Waals surface area contributed by atoms with Crippen LogP contribution in [-0.4, -0.2) is 15.6 Å². The zero-order chi connectivity index (χ0) is 11.8. The molecule has 0 atom stereocenters. The van der Waals surface area contributed by atoms with Gasteiger partial charge in [-0.3, -0.25) is 9.59 Å². The van der Waals surface area contributed by atoms with E-state index in [1.807, 2.05) is 0 Å². The summed E-state index contributed by atoms with van der Waals surface area (Å²) in [5.74, 6) is -1.05. The quantitative estimate of drug-likeness (QED) is 0.834. The molecule has 0 aliphatic heterocycles. The predicted molar refractivity (Wildman–Crippen MR) is 57.4 cm³/mol. The van der Waals surface area contributed by atoms with Gasteiger partial charge in [-0.1, -0.05) is 11.6 Å². The average molecular weight is 230 g/mol. The SMILES string of the molecule is Cn1cc(Cl)cc(C(C)(C)C(=O)O)c1=O. The number of hydrogen-bond acceptors (Lipinski definition) is 2. The summed E-state index contributed by atoms with van der Waals surface area (Å²) in [6.45, 7) is 2.95. The summed E-state index contributed by atoms with van der Waals surface area (Å²) in [6, 6.07) is 1.40. The average Bonchev–Trinajstić information content (AvgIpc) is 2.10. The zero-order valence-electron chi connectivity index (χ0n) is 8.74. The van der Waals surface area contributed by atoms with Crippen molar-refractivity contribution in [2.45, 2.75) is 19.3 Å². The van der Waals surface area contributed by atoms with Crippen molar-refractivity contribution in [1.82, 2.24) is 4.57 Å². The van der Waals surface area contributed by atoms with Gasteiger partial charge >= 0.3 is 5.97 Å². The lowest BCUT2D eigenvalue weighted by Gasteiger charge is -2.19. The normalized spacial score (nSPS) is 11.5. The molecule has 0 aliphatic rings. The molecule has 1 heterocycles. The van der Waals surface area contributed by atoms with Crippen LogP contribution in [0.4, 0.5) is 0 Å². The van der Waals surface area contributed by atoms with E-state index >= 15 is 0 Å². The fraction of sp³-hybridized carbons (Fsp3) is 0.400. The molecule has 0 bridgehead atoms. The van der Waals surface area contributed by atoms with Gasteiger partial charge in [-0.2, -0.15) is 0 Å². The van der Waals surface area contributed by atoms with Crippen LogP contribution in [0.1, 0.15) is 19.4 Å². The number of aliphatic carboxylic acids is 1. The maximum atomic E-state index is 11.7. The Hall–Kier alpha value is -1.29. The Labute approximate surface area is 92.1 Å². The molecule has 0 aromatic carbocycles. The van der Waals surface area contributed by atoms with Gasteiger partial charge in [0, 0.05) is 18.8 Å². The van der Waals surface area contributed by atoms with Gasteiger partial charge in [0.15, 0.2) is 0 Å². The topological polar surface area (TPSA) is 59.3 Å². The molecule has 1 aromatic rings. The first-order valence-electron chi connectivity index (χ1n) is 4.37. The van der Waals surface area contributed by atoms with Crippen molar-refractivity contribution in [3.8, 4) is 0 Å². The second-order valence-corrected chi connectivity index (χ2v) is 4.35. The number of pyridine rings is 1. The smallest absolute Gasteiger partial charge is 0.313 e. The number of aromatic nitrogens is 1. The third-order valence-corrected chi connectivity index (χ3v) is 2.56. The molecule has 0 radical (unpaired) electrons. The largest absolute Gasteiger partial charge is 0.481 e. The number of aryl methyl sites for hydroxylation is 1. The molecule has 0 saturated carbocycles. The lowest BCUT2D eigenvalue weighted by atomic mass is 9.86. The molecule has 5 heteroatoms. The van der Waals surface area contributed by atoms with Gasteiger partial charge in [0.1, 0.15) is 0 Å². The standard InChI is InChI=1S/C10H12ClNO3/c1-10(2,9(14)15)7-4-6(11)5-12(3)8(7)13/h4-5H,1-3H3,(H,14,15). The molecule has 0 aliphatic carbocycles. The van der Waals surface area contributed by atoms with E-state index in [-0.39, 0.29) is 11.1 Å². The summed E-state index contributed by atoms with van der Waals surface area (Å²) in [5.41, 5.74) is -1.39. The van der Waals surface area contributed by atoms with Crippen LogP contribution < -0.4 is 5.56 Å². The molecule has 82 valence electrons. The van der Waals surface area contributed by atoms with Crippen LogP contribution in [0.25, 0.3) is 0 Å². The van der Waals surface area contributed by atoms with Gasteiger partial charge < -0.3 is 9.67 Å². The minimum absolute atomic E-state index is 0.185. The van der Waals surface area contributed by atoms with Crippen LogP contribution >= 0.6 is 11.6 Å². The number of rotatable bonds is 2. The van der Waals surface area contributed by atoms with Crippen molar-refractivity contribution in [3.63, 3.8) is 0 Å². The predicted octanol–water partition coefficient (Wildman–Crippen LogP) is 1.40. The van der Waals surface area contributed by atoms with Gasteiger partial charge in [-0.05, 0) is 19.9 Å². The maximum absolute atomic E-state index is 11.7. The van der Waals surface area contributed by atoms with Gasteiger partial charge in [-0.25, -0.2) is 0 Å². The van der Waals surface area contributed by atoms with Gasteiger partial charge in [0.25, 0.3) is 5.56 Å². The molecule has 1 aromatic heterocycles. The number of halogens is 1. The summed E-state index contributed by atoms with van der Waals surface area (Å²) < 4.78 is 1.28. The van der Waals surface area contributed by atoms with Gasteiger partial charge in [0.2, 0.25) is 0 Å². The molecule has 15 heavy (non-hydrogen) atoms. The van der Waals surface area contributed by atoms with E-state index in [0.717, 1.165) is 0 Å². The second kappa shape index (κ2) is 3.70. The number of carboxylic acid groups (broad SMARTS) is 1. The summed E-state index contributed by atoms with van der Waals surface area (Å²) in [4.78, 5) is 22.7. The minimum atomic E-state index is -1.24. The first-order chi connectivity index (χ1) is 6.76. The first kappa shape index (κ1) is 11.8. The Morgan fingerprint density at radius 3 is 2.53 bits per heavy atom. The summed E-state index contributed by atoms with van der Waals surface area (Å²) >= 11 is 5.78. The number of hydrogen-bond donors (Lipinski definition) is 1. The van der Waals surface area contributed by atoms with Crippen LogP contribution in [0, 0.1) is 0 Å². The van der Waals surface area contributed by atoms with Crippen molar-refractivity contribution in [2.24, 2.45) is 7.05 Å². The lowest BCUT2D eigenvalue weighted by Crippen LogP contribution is -2.36. The molecule has 0 saturated heterocycles. The molecule has 0 amide bonds. The fourth-order valence-electron chi connectivity index (χ4n) is 1.23. The van der Waals surface area contributed by atoms with Crippen molar-refractivity contribution < 1.29 is 9.90 Å². The van der Waals surface area contributed by atoms with E-state index in [9.17, 15) is 9.59 Å². The summed E-state index contributed by atoms with van der Waals surface area (Å²) in [5, 5.41) is 9.36. The third-order valence-electron chi connectivity index (χ3n) is 2.36. The highest BCUT2D eigenvalue weighted by Crippen LogP contribution is 2.22. The molecule has 0 fully saturated rings. The number of nitrogens with zero attached hydrogens (tertiary/aromatic N) is 1. The molecule has 4 nitrogen and oxygen atoms in total. The Morgan fingerprint density at radius 2 is 2.07 bits per heavy atom. The van der Waals surface area contributed by atoms with Gasteiger partial charge in [0.05, 0.1) is 10.4 Å². The van der Waals surface area contributed by atoms with Crippen molar-refractivity contribution in [2.75, 3.05) is 0 Å². The van der Waals surface area contributed by atoms with Gasteiger partial charge in [-0.15, -0.1) is 0 Å². The van der Waals surface area contributed by atoms with Crippen LogP contribution in [0.15, 0.2) is 17.1 Å². The molecular weight excluding hydrogens is 218 g/mol. The highest BCUT2D eigenvalue weighted by molar-refractivity contribution is 6.30. The van der Waals surface area contributed by atoms with E-state index in [1.54, 1.807) is 0 Å². The Balaban J connectivity index is 3.51. The van der Waals surface area contributed by atoms with E-state index in [1.165, 1.54) is 37.7 Å². The highest BCUT2D eigenvalue weighted by atomic mass is 35.5. The van der Waals surface area contributed by atoms with Crippen molar-refractivity contribution in [1.29, 1.82) is 0 Å². The number of carbonyl (C=O) groups is 1. The molecule has 0 spiro atoms. The Kier molecular flexibility index (Phi) is 2.90. The fourth-order valence-corrected chi connectivity index (χ4v) is 1.49. The third kappa shape index (κ3) is 2.04. The van der Waals surface area contributed by atoms with Crippen LogP contribution in [0.3, 0.4) is 0 Å². The van der Waals surface area contributed by atoms with E-state index in [4.69, 9.17) is 16.7 Å². The minimum Gasteiger partial charge on any atom is -0.481 e. The van der Waals surface area contributed by atoms with Crippen molar-refractivity contribution in [3.05, 3.63) is 33.2 Å². The van der Waals surface area contributed by atoms with Crippen LogP contribution in [-0.2, 0) is 17.3 Å². The van der Waals surface area contributed by atoms with Crippen LogP contribution in [0.2, 0.25) is 5.02 Å². The van der Waals surface area contributed by atoms with Crippen molar-refractivity contribution >= 4 is 17.6 Å².